The van der Waals surface area contributed by atoms with Crippen LogP contribution in [0.2, 0.25) is 5.02 Å². The molecule has 1 aliphatic carbocycles. The van der Waals surface area contributed by atoms with Gasteiger partial charge in [-0.15, -0.1) is 4.98 Å². The molecule has 1 aromatic carbocycles. The number of hydrogen-bond donors (Lipinski definition) is 2. The lowest BCUT2D eigenvalue weighted by atomic mass is 9.73. The second-order valence-corrected chi connectivity index (χ2v) is 9.27. The maximum absolute atomic E-state index is 10.1. The zero-order valence-electron chi connectivity index (χ0n) is 18.4. The molecule has 3 aromatic rings. The predicted octanol–water partition coefficient (Wildman–Crippen LogP) is 4.39. The Morgan fingerprint density at radius 1 is 1.24 bits per heavy atom. The summed E-state index contributed by atoms with van der Waals surface area (Å²) in [6, 6.07) is 10.3. The summed E-state index contributed by atoms with van der Waals surface area (Å²) in [5, 5.41) is 10.4. The van der Waals surface area contributed by atoms with Crippen molar-refractivity contribution in [2.24, 2.45) is 11.1 Å². The van der Waals surface area contributed by atoms with Crippen molar-refractivity contribution in [2.75, 3.05) is 18.0 Å². The number of piperidine rings is 1. The van der Waals surface area contributed by atoms with Gasteiger partial charge in [0, 0.05) is 24.7 Å². The molecule has 5 rings (SSSR count). The van der Waals surface area contributed by atoms with E-state index < -0.39 is 0 Å². The van der Waals surface area contributed by atoms with Gasteiger partial charge in [0.05, 0.1) is 23.0 Å². The van der Waals surface area contributed by atoms with Crippen molar-refractivity contribution >= 4 is 23.2 Å². The fourth-order valence-electron chi connectivity index (χ4n) is 5.32. The van der Waals surface area contributed by atoms with E-state index in [1.165, 1.54) is 17.3 Å². The second kappa shape index (κ2) is 8.38. The Morgan fingerprint density at radius 2 is 2.00 bits per heavy atom. The molecule has 2 aromatic heterocycles. The van der Waals surface area contributed by atoms with Crippen LogP contribution in [0.3, 0.4) is 0 Å². The molecule has 0 bridgehead atoms. The third-order valence-electron chi connectivity index (χ3n) is 7.15. The first-order chi connectivity index (χ1) is 16.0. The van der Waals surface area contributed by atoms with E-state index in [9.17, 15) is 5.11 Å². The highest BCUT2D eigenvalue weighted by atomic mass is 35.5. The van der Waals surface area contributed by atoms with Gasteiger partial charge in [0.2, 0.25) is 0 Å². The predicted molar refractivity (Wildman–Crippen MR) is 128 cm³/mol. The lowest BCUT2D eigenvalue weighted by molar-refractivity contribution is 0.186. The minimum Gasteiger partial charge on any atom is -0.390 e. The van der Waals surface area contributed by atoms with E-state index in [-0.39, 0.29) is 28.9 Å². The first-order valence-electron chi connectivity index (χ1n) is 11.1. The van der Waals surface area contributed by atoms with Gasteiger partial charge in [-0.1, -0.05) is 42.4 Å². The van der Waals surface area contributed by atoms with Gasteiger partial charge in [0.25, 0.3) is 5.82 Å². The molecule has 3 heterocycles. The summed E-state index contributed by atoms with van der Waals surface area (Å²) in [4.78, 5) is 19.1. The second-order valence-electron chi connectivity index (χ2n) is 8.90. The maximum atomic E-state index is 10.1. The van der Waals surface area contributed by atoms with Gasteiger partial charge in [-0.2, -0.15) is 0 Å². The molecule has 1 spiro atoms. The number of pyridine rings is 1. The lowest BCUT2D eigenvalue weighted by Gasteiger charge is -2.43. The van der Waals surface area contributed by atoms with Crippen molar-refractivity contribution in [3.05, 3.63) is 75.5 Å². The van der Waals surface area contributed by atoms with Crippen LogP contribution in [0, 0.1) is 18.9 Å². The van der Waals surface area contributed by atoms with Crippen LogP contribution in [-0.2, 0) is 13.0 Å². The number of anilines is 1. The van der Waals surface area contributed by atoms with Gasteiger partial charge < -0.3 is 20.6 Å². The number of nitrogens with two attached hydrogens (primary N) is 1. The minimum atomic E-state index is -0.236. The largest absolute Gasteiger partial charge is 0.390 e. The summed E-state index contributed by atoms with van der Waals surface area (Å²) < 4.78 is 0. The Kier molecular flexibility index (Phi) is 5.53. The highest BCUT2D eigenvalue weighted by Crippen LogP contribution is 2.51. The summed E-state index contributed by atoms with van der Waals surface area (Å²) in [7, 11) is 0. The average Bonchev–Trinajstić information content (AvgIpc) is 3.11. The number of aliphatic hydroxyl groups is 1. The summed E-state index contributed by atoms with van der Waals surface area (Å²) in [5.41, 5.74) is 11.8. The Morgan fingerprint density at radius 3 is 2.70 bits per heavy atom. The molecule has 168 valence electrons. The third kappa shape index (κ3) is 3.55. The van der Waals surface area contributed by atoms with Gasteiger partial charge >= 0.3 is 0 Å². The van der Waals surface area contributed by atoms with Crippen molar-refractivity contribution in [2.45, 2.75) is 38.8 Å². The number of benzene rings is 1. The molecule has 1 saturated heterocycles. The van der Waals surface area contributed by atoms with Crippen LogP contribution in [0.4, 0.5) is 11.6 Å². The van der Waals surface area contributed by atoms with Crippen LogP contribution >= 0.6 is 11.6 Å². The van der Waals surface area contributed by atoms with Crippen LogP contribution in [-0.4, -0.2) is 33.1 Å². The van der Waals surface area contributed by atoms with E-state index in [1.807, 2.05) is 6.92 Å². The van der Waals surface area contributed by atoms with Crippen molar-refractivity contribution in [1.29, 1.82) is 0 Å². The molecular formula is C25H25ClN6O. The molecule has 0 radical (unpaired) electrons. The highest BCUT2D eigenvalue weighted by molar-refractivity contribution is 6.35. The molecule has 1 fully saturated rings. The number of nitrogens with zero attached hydrogens (tertiary/aromatic N) is 5. The SMILES string of the molecule is [C-]#[N+]c1nccc(-c2nc(CO)c(N3CCC4(CC3)Cc3ccccc3[C@H]4N)nc2C)c1Cl. The first kappa shape index (κ1) is 21.8. The zero-order valence-corrected chi connectivity index (χ0v) is 19.2. The van der Waals surface area contributed by atoms with Gasteiger partial charge in [0.15, 0.2) is 5.82 Å². The molecule has 0 amide bonds. The summed E-state index contributed by atoms with van der Waals surface area (Å²) in [6.45, 7) is 10.5. The Hall–Kier alpha value is -3.05. The quantitative estimate of drug-likeness (QED) is 0.563. The van der Waals surface area contributed by atoms with E-state index >= 15 is 0 Å². The summed E-state index contributed by atoms with van der Waals surface area (Å²) in [5.74, 6) is 0.827. The van der Waals surface area contributed by atoms with Crippen LogP contribution < -0.4 is 10.6 Å². The number of rotatable bonds is 3. The fourth-order valence-corrected chi connectivity index (χ4v) is 5.56. The van der Waals surface area contributed by atoms with Crippen molar-refractivity contribution < 1.29 is 5.11 Å². The molecule has 0 saturated carbocycles. The highest BCUT2D eigenvalue weighted by Gasteiger charge is 2.46. The smallest absolute Gasteiger partial charge is 0.288 e. The van der Waals surface area contributed by atoms with E-state index in [1.54, 1.807) is 6.07 Å². The van der Waals surface area contributed by atoms with E-state index in [0.717, 1.165) is 32.4 Å². The van der Waals surface area contributed by atoms with Crippen molar-refractivity contribution in [3.8, 4) is 11.3 Å². The molecule has 0 unspecified atom stereocenters. The van der Waals surface area contributed by atoms with E-state index in [2.05, 4.69) is 39.0 Å². The van der Waals surface area contributed by atoms with Gasteiger partial charge in [-0.05, 0) is 48.8 Å². The zero-order chi connectivity index (χ0) is 23.2. The Bertz CT molecular complexity index is 1260. The summed E-state index contributed by atoms with van der Waals surface area (Å²) >= 11 is 6.39. The normalized spacial score (nSPS) is 18.9. The topological polar surface area (TPSA) is 92.5 Å². The number of aryl methyl sites for hydroxylation is 1. The van der Waals surface area contributed by atoms with Crippen LogP contribution in [0.25, 0.3) is 16.1 Å². The van der Waals surface area contributed by atoms with Crippen molar-refractivity contribution in [1.82, 2.24) is 15.0 Å². The Labute approximate surface area is 198 Å². The van der Waals surface area contributed by atoms with Crippen LogP contribution in [0.5, 0.6) is 0 Å². The number of aliphatic hydroxyl groups excluding tert-OH is 1. The van der Waals surface area contributed by atoms with Crippen LogP contribution in [0.1, 0.15) is 41.4 Å². The number of aromatic nitrogens is 3. The van der Waals surface area contributed by atoms with Gasteiger partial charge in [-0.3, -0.25) is 0 Å². The molecule has 33 heavy (non-hydrogen) atoms. The average molecular weight is 461 g/mol. The minimum absolute atomic E-state index is 0.0498. The van der Waals surface area contributed by atoms with Crippen molar-refractivity contribution in [3.63, 3.8) is 0 Å². The standard InChI is InChI=1S/C25H25ClN6O/c1-15-21(18-7-10-29-23(28-2)20(18)26)31-19(14-33)24(30-15)32-11-8-25(9-12-32)13-16-5-3-4-6-17(16)22(25)27/h3-7,10,22,33H,8-9,11-14,27H2,1H3/t22-/m1/s1. The molecular weight excluding hydrogens is 436 g/mol. The molecule has 2 aliphatic rings. The number of halogens is 1. The monoisotopic (exact) mass is 460 g/mol. The first-order valence-corrected chi connectivity index (χ1v) is 11.4. The molecule has 1 atom stereocenters. The third-order valence-corrected chi connectivity index (χ3v) is 7.53. The summed E-state index contributed by atoms with van der Waals surface area (Å²) in [6.07, 6.45) is 4.47. The maximum Gasteiger partial charge on any atom is 0.288 e. The fraction of sp³-hybridized carbons (Fsp3) is 0.360. The molecule has 8 heteroatoms. The molecule has 7 nitrogen and oxygen atoms in total. The van der Waals surface area contributed by atoms with Crippen LogP contribution in [0.15, 0.2) is 36.5 Å². The number of hydrogen-bond acceptors (Lipinski definition) is 6. The molecule has 1 aliphatic heterocycles. The van der Waals surface area contributed by atoms with Gasteiger partial charge in [-0.25, -0.2) is 9.97 Å². The van der Waals surface area contributed by atoms with E-state index in [4.69, 9.17) is 33.9 Å². The van der Waals surface area contributed by atoms with Gasteiger partial charge in [0.1, 0.15) is 11.9 Å². The Balaban J connectivity index is 1.43. The lowest BCUT2D eigenvalue weighted by Crippen LogP contribution is -2.45. The molecule has 3 N–H and O–H groups in total. The number of fused-ring (bicyclic) bond motifs is 1. The van der Waals surface area contributed by atoms with E-state index in [0.29, 0.717) is 28.5 Å².